The van der Waals surface area contributed by atoms with E-state index >= 15 is 0 Å². The standard InChI is InChI=1S/C13H11N3O/c1-9-5-3-4-6-12(9)16-10(2)7-13(17)11(8-14)15-16/h3-7H,1-2H3. The van der Waals surface area contributed by atoms with E-state index in [0.29, 0.717) is 5.69 Å². The Hall–Kier alpha value is -2.41. The minimum Gasteiger partial charge on any atom is -0.287 e. The third-order valence-corrected chi connectivity index (χ3v) is 2.56. The maximum Gasteiger partial charge on any atom is 0.218 e. The smallest absolute Gasteiger partial charge is 0.218 e. The molecule has 0 aliphatic heterocycles. The fourth-order valence-electron chi connectivity index (χ4n) is 1.67. The molecule has 2 aromatic rings. The Morgan fingerprint density at radius 1 is 1.29 bits per heavy atom. The lowest BCUT2D eigenvalue weighted by atomic mass is 10.2. The molecule has 0 aliphatic rings. The average molecular weight is 225 g/mol. The van der Waals surface area contributed by atoms with Crippen molar-refractivity contribution in [3.63, 3.8) is 0 Å². The molecule has 0 spiro atoms. The summed E-state index contributed by atoms with van der Waals surface area (Å²) in [6.45, 7) is 3.75. The molecule has 0 saturated carbocycles. The molecule has 1 heterocycles. The molecule has 4 heteroatoms. The number of benzene rings is 1. The van der Waals surface area contributed by atoms with Crippen LogP contribution in [0.15, 0.2) is 35.1 Å². The van der Waals surface area contributed by atoms with Gasteiger partial charge in [0.15, 0.2) is 0 Å². The van der Waals surface area contributed by atoms with Crippen LogP contribution < -0.4 is 5.43 Å². The Kier molecular flexibility index (Phi) is 2.75. The molecule has 0 bridgehead atoms. The van der Waals surface area contributed by atoms with Gasteiger partial charge in [-0.15, -0.1) is 0 Å². The van der Waals surface area contributed by atoms with Crippen molar-refractivity contribution in [3.05, 3.63) is 57.5 Å². The van der Waals surface area contributed by atoms with E-state index in [1.807, 2.05) is 37.3 Å². The number of hydrogen-bond acceptors (Lipinski definition) is 3. The predicted molar refractivity (Wildman–Crippen MR) is 64.0 cm³/mol. The Labute approximate surface area is 98.8 Å². The lowest BCUT2D eigenvalue weighted by molar-refractivity contribution is 0.785. The SMILES string of the molecule is Cc1ccccc1-n1nc(C#N)c(=O)cc1C. The first-order valence-electron chi connectivity index (χ1n) is 5.20. The number of nitrogens with zero attached hydrogens (tertiary/aromatic N) is 3. The van der Waals surface area contributed by atoms with E-state index in [1.165, 1.54) is 6.07 Å². The van der Waals surface area contributed by atoms with E-state index < -0.39 is 0 Å². The summed E-state index contributed by atoms with van der Waals surface area (Å²) in [6, 6.07) is 10.9. The first-order valence-corrected chi connectivity index (χ1v) is 5.20. The van der Waals surface area contributed by atoms with E-state index in [1.54, 1.807) is 11.6 Å². The molecule has 0 unspecified atom stereocenters. The summed E-state index contributed by atoms with van der Waals surface area (Å²) in [6.07, 6.45) is 0. The van der Waals surface area contributed by atoms with Crippen LogP contribution in [0.25, 0.3) is 5.69 Å². The highest BCUT2D eigenvalue weighted by molar-refractivity contribution is 5.40. The summed E-state index contributed by atoms with van der Waals surface area (Å²) in [5.74, 6) is 0. The Morgan fingerprint density at radius 2 is 2.00 bits per heavy atom. The summed E-state index contributed by atoms with van der Waals surface area (Å²) in [5, 5.41) is 12.9. The van der Waals surface area contributed by atoms with Gasteiger partial charge in [-0.2, -0.15) is 10.4 Å². The topological polar surface area (TPSA) is 58.7 Å². The summed E-state index contributed by atoms with van der Waals surface area (Å²) in [7, 11) is 0. The second kappa shape index (κ2) is 4.22. The van der Waals surface area contributed by atoms with Crippen molar-refractivity contribution in [2.75, 3.05) is 0 Å². The summed E-state index contributed by atoms with van der Waals surface area (Å²) in [5.41, 5.74) is 2.20. The molecule has 0 fully saturated rings. The summed E-state index contributed by atoms with van der Waals surface area (Å²) < 4.78 is 1.62. The second-order valence-electron chi connectivity index (χ2n) is 3.81. The lowest BCUT2D eigenvalue weighted by Gasteiger charge is -2.11. The molecule has 0 amide bonds. The number of aryl methyl sites for hydroxylation is 2. The first-order chi connectivity index (χ1) is 8.13. The second-order valence-corrected chi connectivity index (χ2v) is 3.81. The minimum absolute atomic E-state index is 0.0844. The van der Waals surface area contributed by atoms with Crippen LogP contribution in [-0.4, -0.2) is 9.78 Å². The van der Waals surface area contributed by atoms with Crippen LogP contribution in [0.2, 0.25) is 0 Å². The molecule has 0 saturated heterocycles. The molecule has 1 aromatic heterocycles. The van der Waals surface area contributed by atoms with Gasteiger partial charge in [0.05, 0.1) is 5.69 Å². The van der Waals surface area contributed by atoms with Crippen molar-refractivity contribution < 1.29 is 0 Å². The van der Waals surface area contributed by atoms with Crippen LogP contribution in [0.5, 0.6) is 0 Å². The zero-order valence-corrected chi connectivity index (χ0v) is 9.64. The third kappa shape index (κ3) is 1.95. The third-order valence-electron chi connectivity index (χ3n) is 2.56. The van der Waals surface area contributed by atoms with Gasteiger partial charge >= 0.3 is 0 Å². The fraction of sp³-hybridized carbons (Fsp3) is 0.154. The lowest BCUT2D eigenvalue weighted by Crippen LogP contribution is -2.17. The molecule has 0 N–H and O–H groups in total. The number of aromatic nitrogens is 2. The molecule has 84 valence electrons. The maximum atomic E-state index is 11.4. The van der Waals surface area contributed by atoms with Crippen LogP contribution in [0.4, 0.5) is 0 Å². The predicted octanol–water partition coefficient (Wildman–Crippen LogP) is 1.72. The maximum absolute atomic E-state index is 11.4. The van der Waals surface area contributed by atoms with Crippen molar-refractivity contribution in [3.8, 4) is 11.8 Å². The largest absolute Gasteiger partial charge is 0.287 e. The van der Waals surface area contributed by atoms with Crippen molar-refractivity contribution in [1.29, 1.82) is 5.26 Å². The summed E-state index contributed by atoms with van der Waals surface area (Å²) >= 11 is 0. The van der Waals surface area contributed by atoms with Crippen molar-refractivity contribution >= 4 is 0 Å². The summed E-state index contributed by atoms with van der Waals surface area (Å²) in [4.78, 5) is 11.4. The van der Waals surface area contributed by atoms with Crippen LogP contribution >= 0.6 is 0 Å². The normalized spacial score (nSPS) is 9.94. The van der Waals surface area contributed by atoms with Gasteiger partial charge in [-0.1, -0.05) is 18.2 Å². The molecule has 17 heavy (non-hydrogen) atoms. The van der Waals surface area contributed by atoms with E-state index in [-0.39, 0.29) is 11.1 Å². The van der Waals surface area contributed by atoms with E-state index in [9.17, 15) is 4.79 Å². The minimum atomic E-state index is -0.338. The molecule has 1 aromatic carbocycles. The van der Waals surface area contributed by atoms with Crippen LogP contribution in [-0.2, 0) is 0 Å². The molecule has 2 rings (SSSR count). The van der Waals surface area contributed by atoms with Crippen molar-refractivity contribution in [2.45, 2.75) is 13.8 Å². The monoisotopic (exact) mass is 225 g/mol. The molecule has 4 nitrogen and oxygen atoms in total. The zero-order chi connectivity index (χ0) is 12.4. The molecular formula is C13H11N3O. The van der Waals surface area contributed by atoms with Crippen molar-refractivity contribution in [1.82, 2.24) is 9.78 Å². The van der Waals surface area contributed by atoms with Crippen molar-refractivity contribution in [2.24, 2.45) is 0 Å². The van der Waals surface area contributed by atoms with Gasteiger partial charge < -0.3 is 0 Å². The Balaban J connectivity index is 2.73. The number of rotatable bonds is 1. The van der Waals surface area contributed by atoms with Gasteiger partial charge in [0, 0.05) is 11.8 Å². The highest BCUT2D eigenvalue weighted by atomic mass is 16.1. The fourth-order valence-corrected chi connectivity index (χ4v) is 1.67. The molecule has 0 aliphatic carbocycles. The van der Waals surface area contributed by atoms with Gasteiger partial charge in [0.1, 0.15) is 6.07 Å². The van der Waals surface area contributed by atoms with E-state index in [2.05, 4.69) is 5.10 Å². The molecule has 0 radical (unpaired) electrons. The van der Waals surface area contributed by atoms with Gasteiger partial charge in [-0.05, 0) is 25.5 Å². The molecule has 0 atom stereocenters. The van der Waals surface area contributed by atoms with E-state index in [4.69, 9.17) is 5.26 Å². The van der Waals surface area contributed by atoms with Gasteiger partial charge in [-0.25, -0.2) is 4.68 Å². The van der Waals surface area contributed by atoms with Crippen LogP contribution in [0.1, 0.15) is 17.0 Å². The highest BCUT2D eigenvalue weighted by Gasteiger charge is 2.08. The first kappa shape index (κ1) is 11.1. The molecular weight excluding hydrogens is 214 g/mol. The Morgan fingerprint density at radius 3 is 2.65 bits per heavy atom. The number of para-hydroxylation sites is 1. The quantitative estimate of drug-likeness (QED) is 0.742. The van der Waals surface area contributed by atoms with Crippen LogP contribution in [0.3, 0.4) is 0 Å². The number of hydrogen-bond donors (Lipinski definition) is 0. The average Bonchev–Trinajstić information content (AvgIpc) is 2.31. The highest BCUT2D eigenvalue weighted by Crippen LogP contribution is 2.13. The Bertz CT molecular complexity index is 665. The van der Waals surface area contributed by atoms with Gasteiger partial charge in [0.25, 0.3) is 0 Å². The van der Waals surface area contributed by atoms with Crippen LogP contribution in [0, 0.1) is 25.2 Å². The number of nitriles is 1. The zero-order valence-electron chi connectivity index (χ0n) is 9.64. The van der Waals surface area contributed by atoms with Gasteiger partial charge in [0.2, 0.25) is 11.1 Å². The van der Waals surface area contributed by atoms with Gasteiger partial charge in [-0.3, -0.25) is 4.79 Å². The van der Waals surface area contributed by atoms with E-state index in [0.717, 1.165) is 11.3 Å².